The lowest BCUT2D eigenvalue weighted by molar-refractivity contribution is 0.102. The number of amides is 1. The molecule has 1 aromatic carbocycles. The van der Waals surface area contributed by atoms with Crippen molar-refractivity contribution in [2.75, 3.05) is 11.1 Å². The van der Waals surface area contributed by atoms with Crippen LogP contribution in [-0.4, -0.2) is 10.9 Å². The minimum absolute atomic E-state index is 0.147. The molecule has 0 atom stereocenters. The summed E-state index contributed by atoms with van der Waals surface area (Å²) in [5.74, 6) is 0.352. The number of carbonyl (C=O) groups excluding carboxylic acids is 1. The molecule has 2 aromatic rings. The Balaban J connectivity index is 2.19. The topological polar surface area (TPSA) is 68.0 Å². The molecule has 20 heavy (non-hydrogen) atoms. The van der Waals surface area contributed by atoms with Crippen molar-refractivity contribution in [1.82, 2.24) is 4.98 Å². The highest BCUT2D eigenvalue weighted by Crippen LogP contribution is 2.27. The molecule has 0 aliphatic rings. The fraction of sp³-hybridized carbons (Fsp3) is 0.333. The van der Waals surface area contributed by atoms with E-state index in [0.29, 0.717) is 17.2 Å². The average Bonchev–Trinajstić information content (AvgIpc) is 2.68. The van der Waals surface area contributed by atoms with Gasteiger partial charge >= 0.3 is 0 Å². The molecule has 2 rings (SSSR count). The molecule has 3 N–H and O–H groups in total. The normalized spacial score (nSPS) is 10.8. The first-order chi connectivity index (χ1) is 9.45. The van der Waals surface area contributed by atoms with Gasteiger partial charge in [0.2, 0.25) is 0 Å². The highest BCUT2D eigenvalue weighted by atomic mass is 32.1. The third-order valence-electron chi connectivity index (χ3n) is 2.78. The molecule has 0 aliphatic heterocycles. The summed E-state index contributed by atoms with van der Waals surface area (Å²) < 4.78 is 0. The Labute approximate surface area is 123 Å². The number of hydrogen-bond donors (Lipinski definition) is 2. The van der Waals surface area contributed by atoms with Gasteiger partial charge in [0.15, 0.2) is 0 Å². The number of anilines is 2. The van der Waals surface area contributed by atoms with Gasteiger partial charge in [-0.3, -0.25) is 4.79 Å². The van der Waals surface area contributed by atoms with Gasteiger partial charge in [-0.2, -0.15) is 0 Å². The summed E-state index contributed by atoms with van der Waals surface area (Å²) in [6.07, 6.45) is 0.858. The van der Waals surface area contributed by atoms with Gasteiger partial charge in [-0.15, -0.1) is 11.3 Å². The molecule has 0 saturated carbocycles. The van der Waals surface area contributed by atoms with Crippen molar-refractivity contribution >= 4 is 27.9 Å². The minimum atomic E-state index is -0.147. The Morgan fingerprint density at radius 3 is 2.85 bits per heavy atom. The van der Waals surface area contributed by atoms with Gasteiger partial charge < -0.3 is 11.1 Å². The van der Waals surface area contributed by atoms with Gasteiger partial charge in [-0.1, -0.05) is 19.9 Å². The molecule has 1 amide bonds. The standard InChI is InChI=1S/C15H19N3OS/c1-9(2)7-13-15(20-10(3)17-13)18-14(19)11-5-4-6-12(16)8-11/h4-6,8-9H,7,16H2,1-3H3,(H,18,19). The molecular weight excluding hydrogens is 270 g/mol. The van der Waals surface area contributed by atoms with Crippen LogP contribution < -0.4 is 11.1 Å². The highest BCUT2D eigenvalue weighted by Gasteiger charge is 2.14. The van der Waals surface area contributed by atoms with Gasteiger partial charge in [-0.25, -0.2) is 4.98 Å². The first kappa shape index (κ1) is 14.5. The zero-order valence-electron chi connectivity index (χ0n) is 11.9. The van der Waals surface area contributed by atoms with Crippen LogP contribution in [0.2, 0.25) is 0 Å². The fourth-order valence-corrected chi connectivity index (χ4v) is 2.79. The van der Waals surface area contributed by atoms with E-state index in [-0.39, 0.29) is 5.91 Å². The average molecular weight is 289 g/mol. The summed E-state index contributed by atoms with van der Waals surface area (Å²) in [6, 6.07) is 6.96. The van der Waals surface area contributed by atoms with Crippen molar-refractivity contribution in [3.63, 3.8) is 0 Å². The van der Waals surface area contributed by atoms with E-state index in [2.05, 4.69) is 24.1 Å². The van der Waals surface area contributed by atoms with Crippen LogP contribution in [0.1, 0.15) is 34.9 Å². The molecule has 0 saturated heterocycles. The first-order valence-corrected chi connectivity index (χ1v) is 7.40. The smallest absolute Gasteiger partial charge is 0.256 e. The summed E-state index contributed by atoms with van der Waals surface area (Å²) in [6.45, 7) is 6.22. The summed E-state index contributed by atoms with van der Waals surface area (Å²) >= 11 is 1.51. The van der Waals surface area contributed by atoms with Crippen molar-refractivity contribution in [2.45, 2.75) is 27.2 Å². The Morgan fingerprint density at radius 2 is 2.20 bits per heavy atom. The second kappa shape index (κ2) is 6.05. The van der Waals surface area contributed by atoms with E-state index in [1.54, 1.807) is 24.3 Å². The Kier molecular flexibility index (Phi) is 4.39. The summed E-state index contributed by atoms with van der Waals surface area (Å²) in [5, 5.41) is 4.74. The Bertz CT molecular complexity index is 619. The van der Waals surface area contributed by atoms with E-state index in [0.717, 1.165) is 22.1 Å². The molecule has 0 radical (unpaired) electrons. The monoisotopic (exact) mass is 289 g/mol. The molecule has 106 valence electrons. The number of nitrogens with one attached hydrogen (secondary N) is 1. The number of nitrogen functional groups attached to an aromatic ring is 1. The quantitative estimate of drug-likeness (QED) is 0.847. The molecular formula is C15H19N3OS. The minimum Gasteiger partial charge on any atom is -0.399 e. The van der Waals surface area contributed by atoms with Crippen LogP contribution in [0, 0.1) is 12.8 Å². The zero-order chi connectivity index (χ0) is 14.7. The molecule has 0 bridgehead atoms. The number of nitrogens with zero attached hydrogens (tertiary/aromatic N) is 1. The van der Waals surface area contributed by atoms with Crippen LogP contribution in [0.15, 0.2) is 24.3 Å². The van der Waals surface area contributed by atoms with Crippen LogP contribution in [0.5, 0.6) is 0 Å². The number of rotatable bonds is 4. The van der Waals surface area contributed by atoms with Crippen LogP contribution in [-0.2, 0) is 6.42 Å². The number of aryl methyl sites for hydroxylation is 1. The molecule has 5 heteroatoms. The maximum absolute atomic E-state index is 12.2. The third-order valence-corrected chi connectivity index (χ3v) is 3.71. The maximum Gasteiger partial charge on any atom is 0.256 e. The van der Waals surface area contributed by atoms with E-state index in [9.17, 15) is 4.79 Å². The van der Waals surface area contributed by atoms with E-state index in [1.807, 2.05) is 6.92 Å². The van der Waals surface area contributed by atoms with Gasteiger partial charge in [-0.05, 0) is 37.5 Å². The zero-order valence-corrected chi connectivity index (χ0v) is 12.8. The first-order valence-electron chi connectivity index (χ1n) is 6.59. The third kappa shape index (κ3) is 3.57. The Hall–Kier alpha value is -1.88. The van der Waals surface area contributed by atoms with Crippen molar-refractivity contribution in [1.29, 1.82) is 0 Å². The van der Waals surface area contributed by atoms with Crippen molar-refractivity contribution in [3.8, 4) is 0 Å². The molecule has 0 fully saturated rings. The van der Waals surface area contributed by atoms with E-state index >= 15 is 0 Å². The van der Waals surface area contributed by atoms with Crippen LogP contribution in [0.4, 0.5) is 10.7 Å². The molecule has 1 heterocycles. The number of aromatic nitrogens is 1. The highest BCUT2D eigenvalue weighted by molar-refractivity contribution is 7.16. The molecule has 0 aliphatic carbocycles. The second-order valence-electron chi connectivity index (χ2n) is 5.19. The van der Waals surface area contributed by atoms with E-state index in [1.165, 1.54) is 11.3 Å². The number of hydrogen-bond acceptors (Lipinski definition) is 4. The fourth-order valence-electron chi connectivity index (χ4n) is 1.95. The summed E-state index contributed by atoms with van der Waals surface area (Å²) in [5.41, 5.74) is 7.80. The molecule has 0 spiro atoms. The lowest BCUT2D eigenvalue weighted by Gasteiger charge is -2.07. The predicted molar refractivity (Wildman–Crippen MR) is 84.2 cm³/mol. The van der Waals surface area contributed by atoms with Crippen molar-refractivity contribution < 1.29 is 4.79 Å². The number of nitrogens with two attached hydrogens (primary N) is 1. The lowest BCUT2D eigenvalue weighted by Crippen LogP contribution is -2.13. The largest absolute Gasteiger partial charge is 0.399 e. The summed E-state index contributed by atoms with van der Waals surface area (Å²) in [4.78, 5) is 16.7. The Morgan fingerprint density at radius 1 is 1.45 bits per heavy atom. The van der Waals surface area contributed by atoms with Crippen molar-refractivity contribution in [3.05, 3.63) is 40.5 Å². The van der Waals surface area contributed by atoms with E-state index in [4.69, 9.17) is 5.73 Å². The van der Waals surface area contributed by atoms with E-state index < -0.39 is 0 Å². The molecule has 1 aromatic heterocycles. The lowest BCUT2D eigenvalue weighted by atomic mass is 10.1. The van der Waals surface area contributed by atoms with Gasteiger partial charge in [0.1, 0.15) is 5.00 Å². The predicted octanol–water partition coefficient (Wildman–Crippen LogP) is 3.48. The van der Waals surface area contributed by atoms with Gasteiger partial charge in [0, 0.05) is 11.3 Å². The maximum atomic E-state index is 12.2. The SMILES string of the molecule is Cc1nc(CC(C)C)c(NC(=O)c2cccc(N)c2)s1. The molecule has 0 unspecified atom stereocenters. The van der Waals surface area contributed by atoms with Crippen LogP contribution in [0.25, 0.3) is 0 Å². The van der Waals surface area contributed by atoms with Gasteiger partial charge in [0.05, 0.1) is 10.7 Å². The number of carbonyl (C=O) groups is 1. The van der Waals surface area contributed by atoms with Crippen LogP contribution >= 0.6 is 11.3 Å². The molecule has 4 nitrogen and oxygen atoms in total. The van der Waals surface area contributed by atoms with Gasteiger partial charge in [0.25, 0.3) is 5.91 Å². The number of thiazole rings is 1. The second-order valence-corrected chi connectivity index (χ2v) is 6.39. The van der Waals surface area contributed by atoms with Crippen molar-refractivity contribution in [2.24, 2.45) is 5.92 Å². The van der Waals surface area contributed by atoms with Crippen LogP contribution in [0.3, 0.4) is 0 Å². The summed E-state index contributed by atoms with van der Waals surface area (Å²) in [7, 11) is 0. The number of benzene rings is 1.